The van der Waals surface area contributed by atoms with Gasteiger partial charge in [0.15, 0.2) is 0 Å². The van der Waals surface area contributed by atoms with Crippen molar-refractivity contribution in [3.63, 3.8) is 0 Å². The molecule has 5 nitrogen and oxygen atoms in total. The van der Waals surface area contributed by atoms with Gasteiger partial charge in [-0.05, 0) is 62.6 Å². The minimum absolute atomic E-state index is 0.0320. The minimum atomic E-state index is -0.0320. The van der Waals surface area contributed by atoms with E-state index in [1.807, 2.05) is 17.8 Å². The molecule has 3 aliphatic heterocycles. The third-order valence-corrected chi connectivity index (χ3v) is 6.37. The zero-order chi connectivity index (χ0) is 15.6. The Labute approximate surface area is 135 Å². The molecule has 23 heavy (non-hydrogen) atoms. The fraction of sp³-hybridized carbons (Fsp3) is 0.611. The summed E-state index contributed by atoms with van der Waals surface area (Å²) in [5, 5.41) is 5.76. The van der Waals surface area contributed by atoms with E-state index in [1.54, 1.807) is 6.20 Å². The quantitative estimate of drug-likeness (QED) is 0.804. The van der Waals surface area contributed by atoms with Gasteiger partial charge in [-0.15, -0.1) is 0 Å². The molecule has 1 aliphatic carbocycles. The van der Waals surface area contributed by atoms with Crippen molar-refractivity contribution in [2.45, 2.75) is 31.6 Å². The van der Waals surface area contributed by atoms with Crippen LogP contribution in [0.1, 0.15) is 36.4 Å². The van der Waals surface area contributed by atoms with E-state index in [1.165, 1.54) is 25.9 Å². The largest absolute Gasteiger partial charge is 0.303 e. The number of piperidine rings is 3. The van der Waals surface area contributed by atoms with Crippen molar-refractivity contribution >= 4 is 10.9 Å². The number of fused-ring (bicyclic) bond motifs is 3. The number of hydrogen-bond donors (Lipinski definition) is 0. The summed E-state index contributed by atoms with van der Waals surface area (Å²) in [7, 11) is 1.97. The first kappa shape index (κ1) is 13.7. The fourth-order valence-corrected chi connectivity index (χ4v) is 5.28. The van der Waals surface area contributed by atoms with E-state index in [0.29, 0.717) is 11.8 Å². The van der Waals surface area contributed by atoms with E-state index in [-0.39, 0.29) is 5.56 Å². The van der Waals surface area contributed by atoms with Crippen molar-refractivity contribution in [2.75, 3.05) is 19.6 Å². The Hall–Kier alpha value is -1.75. The lowest BCUT2D eigenvalue weighted by Gasteiger charge is -2.48. The summed E-state index contributed by atoms with van der Waals surface area (Å²) in [5.74, 6) is 1.75. The second-order valence-electron chi connectivity index (χ2n) is 7.44. The molecule has 0 N–H and O–H groups in total. The highest BCUT2D eigenvalue weighted by atomic mass is 16.1. The van der Waals surface area contributed by atoms with Gasteiger partial charge in [-0.3, -0.25) is 9.48 Å². The highest BCUT2D eigenvalue weighted by Crippen LogP contribution is 2.45. The summed E-state index contributed by atoms with van der Waals surface area (Å²) in [6.45, 7) is 3.64. The molecule has 0 aromatic carbocycles. The summed E-state index contributed by atoms with van der Waals surface area (Å²) in [6.07, 6.45) is 6.28. The third kappa shape index (κ3) is 1.92. The normalized spacial score (nSPS) is 32.4. The molecule has 0 amide bonds. The molecule has 5 heterocycles. The Morgan fingerprint density at radius 2 is 2.04 bits per heavy atom. The summed E-state index contributed by atoms with van der Waals surface area (Å²) in [5.41, 5.74) is 3.06. The van der Waals surface area contributed by atoms with Gasteiger partial charge in [0.05, 0.1) is 11.2 Å². The zero-order valence-electron chi connectivity index (χ0n) is 13.5. The van der Waals surface area contributed by atoms with E-state index in [0.717, 1.165) is 47.5 Å². The molecule has 0 radical (unpaired) electrons. The van der Waals surface area contributed by atoms with Crippen molar-refractivity contribution in [3.8, 4) is 0 Å². The molecule has 2 aromatic heterocycles. The number of aryl methyl sites for hydroxylation is 2. The second-order valence-corrected chi connectivity index (χ2v) is 7.44. The van der Waals surface area contributed by atoms with E-state index < -0.39 is 0 Å². The van der Waals surface area contributed by atoms with Crippen LogP contribution in [0.15, 0.2) is 17.1 Å². The predicted octanol–water partition coefficient (Wildman–Crippen LogP) is 1.70. The van der Waals surface area contributed by atoms with Gasteiger partial charge in [0.2, 0.25) is 0 Å². The predicted molar refractivity (Wildman–Crippen MR) is 88.5 cm³/mol. The summed E-state index contributed by atoms with van der Waals surface area (Å²) >= 11 is 0. The molecular formula is C18H22N4O. The van der Waals surface area contributed by atoms with Gasteiger partial charge in [-0.1, -0.05) is 0 Å². The molecule has 6 rings (SSSR count). The van der Waals surface area contributed by atoms with Crippen LogP contribution in [0, 0.1) is 11.8 Å². The number of rotatable bonds is 1. The fourth-order valence-electron chi connectivity index (χ4n) is 5.28. The Balaban J connectivity index is 1.72. The van der Waals surface area contributed by atoms with Gasteiger partial charge in [0.25, 0.3) is 5.56 Å². The van der Waals surface area contributed by atoms with Crippen LogP contribution >= 0.6 is 0 Å². The topological polar surface area (TPSA) is 51.0 Å². The van der Waals surface area contributed by atoms with Crippen LogP contribution in [0.2, 0.25) is 0 Å². The number of aromatic nitrogens is 3. The maximum Gasteiger partial charge on any atom is 0.273 e. The lowest BCUT2D eigenvalue weighted by Crippen LogP contribution is -2.50. The van der Waals surface area contributed by atoms with E-state index in [2.05, 4.69) is 15.0 Å². The van der Waals surface area contributed by atoms with Crippen LogP contribution in [0.3, 0.4) is 0 Å². The van der Waals surface area contributed by atoms with Crippen molar-refractivity contribution in [3.05, 3.63) is 33.9 Å². The average molecular weight is 310 g/mol. The first-order valence-corrected chi connectivity index (χ1v) is 8.79. The Bertz CT molecular complexity index is 835. The van der Waals surface area contributed by atoms with Crippen LogP contribution in [-0.4, -0.2) is 39.3 Å². The van der Waals surface area contributed by atoms with Crippen molar-refractivity contribution in [1.29, 1.82) is 0 Å². The molecule has 2 bridgehead atoms. The molecule has 0 saturated carbocycles. The molecule has 2 aromatic rings. The van der Waals surface area contributed by atoms with Crippen LogP contribution in [0.4, 0.5) is 0 Å². The maximum absolute atomic E-state index is 12.8. The standard InChI is InChI=1S/C18H22N4O/c1-21-15-4-7-19-18(23)16-12(2-3-14(20-21)17(15)16)13-10-22-8-5-11(13)6-9-22/h4,7,11-13H,2-3,5-6,8-10H2,1H3/t12?,13-/m1/s1. The Morgan fingerprint density at radius 1 is 1.22 bits per heavy atom. The molecular weight excluding hydrogens is 288 g/mol. The monoisotopic (exact) mass is 310 g/mol. The SMILES string of the molecule is Cn1nc2c3c(c(=O)nccc31)C([C@@H]1CN3CCC1CC3)CC2. The molecule has 3 fully saturated rings. The molecule has 0 spiro atoms. The van der Waals surface area contributed by atoms with Gasteiger partial charge in [0.1, 0.15) is 0 Å². The van der Waals surface area contributed by atoms with Gasteiger partial charge in [0, 0.05) is 30.7 Å². The van der Waals surface area contributed by atoms with Crippen molar-refractivity contribution < 1.29 is 0 Å². The molecule has 1 unspecified atom stereocenters. The first-order chi connectivity index (χ1) is 11.2. The average Bonchev–Trinajstić information content (AvgIpc) is 2.79. The molecule has 120 valence electrons. The zero-order valence-corrected chi connectivity index (χ0v) is 13.5. The molecule has 4 aliphatic rings. The lowest BCUT2D eigenvalue weighted by molar-refractivity contribution is 0.0345. The highest BCUT2D eigenvalue weighted by molar-refractivity contribution is 5.85. The van der Waals surface area contributed by atoms with Crippen LogP contribution in [0.5, 0.6) is 0 Å². The smallest absolute Gasteiger partial charge is 0.273 e. The molecule has 3 saturated heterocycles. The molecule has 2 atom stereocenters. The third-order valence-electron chi connectivity index (χ3n) is 6.37. The van der Waals surface area contributed by atoms with Crippen LogP contribution < -0.4 is 5.56 Å². The summed E-state index contributed by atoms with van der Waals surface area (Å²) in [6, 6.07) is 1.94. The Morgan fingerprint density at radius 3 is 2.78 bits per heavy atom. The summed E-state index contributed by atoms with van der Waals surface area (Å²) < 4.78 is 1.91. The minimum Gasteiger partial charge on any atom is -0.303 e. The molecule has 5 heteroatoms. The van der Waals surface area contributed by atoms with Crippen molar-refractivity contribution in [1.82, 2.24) is 19.7 Å². The first-order valence-electron chi connectivity index (χ1n) is 8.79. The second kappa shape index (κ2) is 4.87. The summed E-state index contributed by atoms with van der Waals surface area (Å²) in [4.78, 5) is 19.5. The van der Waals surface area contributed by atoms with Gasteiger partial charge >= 0.3 is 0 Å². The van der Waals surface area contributed by atoms with Crippen LogP contribution in [0.25, 0.3) is 10.9 Å². The van der Waals surface area contributed by atoms with E-state index in [4.69, 9.17) is 0 Å². The van der Waals surface area contributed by atoms with Crippen LogP contribution in [-0.2, 0) is 13.5 Å². The number of hydrogen-bond acceptors (Lipinski definition) is 4. The lowest BCUT2D eigenvalue weighted by atomic mass is 9.67. The highest BCUT2D eigenvalue weighted by Gasteiger charge is 2.41. The maximum atomic E-state index is 12.8. The van der Waals surface area contributed by atoms with Gasteiger partial charge in [-0.2, -0.15) is 5.10 Å². The van der Waals surface area contributed by atoms with Crippen molar-refractivity contribution in [2.24, 2.45) is 18.9 Å². The van der Waals surface area contributed by atoms with E-state index in [9.17, 15) is 4.79 Å². The number of nitrogens with zero attached hydrogens (tertiary/aromatic N) is 4. The van der Waals surface area contributed by atoms with Gasteiger partial charge in [-0.25, -0.2) is 4.98 Å². The Kier molecular flexibility index (Phi) is 2.89. The van der Waals surface area contributed by atoms with Gasteiger partial charge < -0.3 is 4.90 Å². The van der Waals surface area contributed by atoms with E-state index >= 15 is 0 Å².